The fourth-order valence-corrected chi connectivity index (χ4v) is 3.01. The van der Waals surface area contributed by atoms with Gasteiger partial charge in [-0.05, 0) is 41.0 Å². The van der Waals surface area contributed by atoms with Crippen LogP contribution in [0.25, 0.3) is 0 Å². The lowest BCUT2D eigenvalue weighted by Gasteiger charge is -2.23. The molecule has 21 heavy (non-hydrogen) atoms. The zero-order valence-electron chi connectivity index (χ0n) is 11.6. The Balaban J connectivity index is 1.90. The Morgan fingerprint density at radius 2 is 2.05 bits per heavy atom. The monoisotopic (exact) mass is 303 g/mol. The molecule has 0 aliphatic carbocycles. The number of aliphatic hydroxyl groups excluding tert-OH is 1. The molecule has 3 N–H and O–H groups in total. The molecule has 1 aliphatic heterocycles. The van der Waals surface area contributed by atoms with E-state index in [0.717, 1.165) is 28.9 Å². The highest BCUT2D eigenvalue weighted by Gasteiger charge is 2.23. The van der Waals surface area contributed by atoms with Crippen molar-refractivity contribution in [2.24, 2.45) is 5.73 Å². The molecule has 0 spiro atoms. The lowest BCUT2D eigenvalue weighted by Crippen LogP contribution is -2.20. The van der Waals surface area contributed by atoms with Crippen LogP contribution in [-0.2, 0) is 6.42 Å². The molecule has 0 aromatic heterocycles. The van der Waals surface area contributed by atoms with Crippen molar-refractivity contribution in [1.29, 1.82) is 0 Å². The quantitative estimate of drug-likeness (QED) is 0.913. The van der Waals surface area contributed by atoms with Crippen LogP contribution < -0.4 is 10.5 Å². The first-order valence-corrected chi connectivity index (χ1v) is 7.46. The van der Waals surface area contributed by atoms with E-state index in [1.54, 1.807) is 0 Å². The highest BCUT2D eigenvalue weighted by Crippen LogP contribution is 2.34. The number of ether oxygens (including phenoxy) is 1. The molecule has 2 unspecified atom stereocenters. The maximum atomic E-state index is 10.7. The molecule has 2 atom stereocenters. The van der Waals surface area contributed by atoms with E-state index < -0.39 is 6.10 Å². The van der Waals surface area contributed by atoms with Gasteiger partial charge in [0.2, 0.25) is 0 Å². The number of hydrogen-bond acceptors (Lipinski definition) is 3. The fraction of sp³-hybridized carbons (Fsp3) is 0.294. The standard InChI is InChI=1S/C17H18ClNO2/c18-14-3-1-2-11(9-14)15(10-19)17(20)13-4-5-16-12(8-13)6-7-21-16/h1-5,8-9,15,17,20H,6-7,10,19H2. The summed E-state index contributed by atoms with van der Waals surface area (Å²) >= 11 is 6.03. The van der Waals surface area contributed by atoms with Crippen molar-refractivity contribution < 1.29 is 9.84 Å². The predicted octanol–water partition coefficient (Wildman–Crippen LogP) is 3.05. The van der Waals surface area contributed by atoms with E-state index >= 15 is 0 Å². The van der Waals surface area contributed by atoms with E-state index in [1.165, 1.54) is 0 Å². The molecule has 3 rings (SSSR count). The van der Waals surface area contributed by atoms with Gasteiger partial charge in [-0.2, -0.15) is 0 Å². The average Bonchev–Trinajstić information content (AvgIpc) is 2.95. The minimum absolute atomic E-state index is 0.177. The predicted molar refractivity (Wildman–Crippen MR) is 83.8 cm³/mol. The number of aliphatic hydroxyl groups is 1. The van der Waals surface area contributed by atoms with Crippen LogP contribution in [0.4, 0.5) is 0 Å². The van der Waals surface area contributed by atoms with Crippen LogP contribution in [0.1, 0.15) is 28.7 Å². The summed E-state index contributed by atoms with van der Waals surface area (Å²) in [5.74, 6) is 0.738. The third kappa shape index (κ3) is 2.91. The zero-order valence-corrected chi connectivity index (χ0v) is 12.4. The summed E-state index contributed by atoms with van der Waals surface area (Å²) < 4.78 is 5.50. The second-order valence-electron chi connectivity index (χ2n) is 5.31. The molecule has 1 heterocycles. The number of fused-ring (bicyclic) bond motifs is 1. The maximum Gasteiger partial charge on any atom is 0.122 e. The van der Waals surface area contributed by atoms with Gasteiger partial charge in [-0.3, -0.25) is 0 Å². The smallest absolute Gasteiger partial charge is 0.122 e. The second kappa shape index (κ2) is 6.06. The van der Waals surface area contributed by atoms with Gasteiger partial charge in [0, 0.05) is 23.9 Å². The molecule has 1 aliphatic rings. The molecule has 2 aromatic rings. The highest BCUT2D eigenvalue weighted by atomic mass is 35.5. The van der Waals surface area contributed by atoms with E-state index in [-0.39, 0.29) is 5.92 Å². The Morgan fingerprint density at radius 1 is 1.19 bits per heavy atom. The van der Waals surface area contributed by atoms with E-state index in [2.05, 4.69) is 0 Å². The first-order valence-electron chi connectivity index (χ1n) is 7.08. The van der Waals surface area contributed by atoms with Crippen LogP contribution in [-0.4, -0.2) is 18.3 Å². The van der Waals surface area contributed by atoms with Gasteiger partial charge in [0.15, 0.2) is 0 Å². The summed E-state index contributed by atoms with van der Waals surface area (Å²) in [4.78, 5) is 0. The maximum absolute atomic E-state index is 10.7. The summed E-state index contributed by atoms with van der Waals surface area (Å²) in [6.07, 6.45) is 0.236. The molecule has 2 aromatic carbocycles. The molecule has 3 nitrogen and oxygen atoms in total. The molecule has 110 valence electrons. The first kappa shape index (κ1) is 14.4. The van der Waals surface area contributed by atoms with E-state index in [1.807, 2.05) is 42.5 Å². The van der Waals surface area contributed by atoms with Gasteiger partial charge in [-0.1, -0.05) is 29.8 Å². The zero-order chi connectivity index (χ0) is 14.8. The molecule has 0 bridgehead atoms. The topological polar surface area (TPSA) is 55.5 Å². The van der Waals surface area contributed by atoms with Crippen molar-refractivity contribution in [3.63, 3.8) is 0 Å². The van der Waals surface area contributed by atoms with E-state index in [9.17, 15) is 5.11 Å². The van der Waals surface area contributed by atoms with Crippen LogP contribution in [0.15, 0.2) is 42.5 Å². The molecule has 0 saturated heterocycles. The number of benzene rings is 2. The highest BCUT2D eigenvalue weighted by molar-refractivity contribution is 6.30. The lowest BCUT2D eigenvalue weighted by atomic mass is 9.88. The lowest BCUT2D eigenvalue weighted by molar-refractivity contribution is 0.147. The van der Waals surface area contributed by atoms with Crippen molar-refractivity contribution in [1.82, 2.24) is 0 Å². The normalized spacial score (nSPS) is 16.1. The van der Waals surface area contributed by atoms with Gasteiger partial charge in [-0.25, -0.2) is 0 Å². The van der Waals surface area contributed by atoms with E-state index in [4.69, 9.17) is 22.1 Å². The molecular weight excluding hydrogens is 286 g/mol. The van der Waals surface area contributed by atoms with Gasteiger partial charge >= 0.3 is 0 Å². The third-order valence-electron chi connectivity index (χ3n) is 3.97. The molecule has 4 heteroatoms. The molecule has 0 amide bonds. The minimum atomic E-state index is -0.653. The number of hydrogen-bond donors (Lipinski definition) is 2. The van der Waals surface area contributed by atoms with Crippen molar-refractivity contribution in [2.45, 2.75) is 18.4 Å². The van der Waals surface area contributed by atoms with Crippen LogP contribution in [0.3, 0.4) is 0 Å². The fourth-order valence-electron chi connectivity index (χ4n) is 2.81. The number of nitrogens with two attached hydrogens (primary N) is 1. The van der Waals surface area contributed by atoms with Crippen molar-refractivity contribution in [3.05, 3.63) is 64.2 Å². The van der Waals surface area contributed by atoms with Gasteiger partial charge in [-0.15, -0.1) is 0 Å². The largest absolute Gasteiger partial charge is 0.493 e. The second-order valence-corrected chi connectivity index (χ2v) is 5.74. The average molecular weight is 304 g/mol. The number of rotatable bonds is 4. The van der Waals surface area contributed by atoms with Crippen molar-refractivity contribution in [2.75, 3.05) is 13.2 Å². The summed E-state index contributed by atoms with van der Waals surface area (Å²) in [6, 6.07) is 13.3. The van der Waals surface area contributed by atoms with Crippen LogP contribution >= 0.6 is 11.6 Å². The minimum Gasteiger partial charge on any atom is -0.493 e. The van der Waals surface area contributed by atoms with Crippen LogP contribution in [0.2, 0.25) is 5.02 Å². The molecule has 0 saturated carbocycles. The Labute approximate surface area is 129 Å². The molecule has 0 fully saturated rings. The third-order valence-corrected chi connectivity index (χ3v) is 4.20. The van der Waals surface area contributed by atoms with Gasteiger partial charge in [0.1, 0.15) is 5.75 Å². The first-order chi connectivity index (χ1) is 10.2. The van der Waals surface area contributed by atoms with Crippen molar-refractivity contribution >= 4 is 11.6 Å². The summed E-state index contributed by atoms with van der Waals surface area (Å²) in [6.45, 7) is 1.07. The molecular formula is C17H18ClNO2. The number of halogens is 1. The Morgan fingerprint density at radius 3 is 2.81 bits per heavy atom. The SMILES string of the molecule is NCC(c1cccc(Cl)c1)C(O)c1ccc2c(c1)CCO2. The molecule has 0 radical (unpaired) electrons. The van der Waals surface area contributed by atoms with Crippen molar-refractivity contribution in [3.8, 4) is 5.75 Å². The van der Waals surface area contributed by atoms with E-state index in [0.29, 0.717) is 18.2 Å². The van der Waals surface area contributed by atoms with Gasteiger partial charge in [0.05, 0.1) is 12.7 Å². The Hall–Kier alpha value is -1.55. The van der Waals surface area contributed by atoms with Gasteiger partial charge < -0.3 is 15.6 Å². The summed E-state index contributed by atoms with van der Waals surface area (Å²) in [5, 5.41) is 11.3. The van der Waals surface area contributed by atoms with Crippen LogP contribution in [0, 0.1) is 0 Å². The van der Waals surface area contributed by atoms with Crippen LogP contribution in [0.5, 0.6) is 5.75 Å². The van der Waals surface area contributed by atoms with Gasteiger partial charge in [0.25, 0.3) is 0 Å². The summed E-state index contributed by atoms with van der Waals surface area (Å²) in [5.41, 5.74) is 8.85. The Kier molecular flexibility index (Phi) is 4.15. The Bertz CT molecular complexity index is 644. The summed E-state index contributed by atoms with van der Waals surface area (Å²) in [7, 11) is 0.